The second-order valence-electron chi connectivity index (χ2n) is 9.15. The summed E-state index contributed by atoms with van der Waals surface area (Å²) in [6.45, 7) is 7.25. The summed E-state index contributed by atoms with van der Waals surface area (Å²) in [4.78, 5) is 23.6. The molecule has 7 nitrogen and oxygen atoms in total. The lowest BCUT2D eigenvalue weighted by molar-refractivity contribution is -0.121. The molecule has 2 aromatic rings. The van der Waals surface area contributed by atoms with Gasteiger partial charge in [0.05, 0.1) is 19.6 Å². The molecule has 1 amide bonds. The first-order valence-corrected chi connectivity index (χ1v) is 12.3. The van der Waals surface area contributed by atoms with Crippen LogP contribution in [-0.2, 0) is 16.0 Å². The first-order valence-electron chi connectivity index (χ1n) is 12.3. The van der Waals surface area contributed by atoms with E-state index < -0.39 is 0 Å². The summed E-state index contributed by atoms with van der Waals surface area (Å²) in [7, 11) is 0. The SMILES string of the molecule is C[C@H](NC(=O)Cc1ncc(-c2ccc(OCCN3CCOCC3)cc2)cn1)C1CCCCC1. The lowest BCUT2D eigenvalue weighted by atomic mass is 9.84. The van der Waals surface area contributed by atoms with Gasteiger partial charge in [-0.25, -0.2) is 9.97 Å². The quantitative estimate of drug-likeness (QED) is 0.628. The molecule has 1 aromatic heterocycles. The minimum atomic E-state index is -0.000552. The van der Waals surface area contributed by atoms with E-state index in [0.717, 1.165) is 49.7 Å². The first-order chi connectivity index (χ1) is 16.2. The van der Waals surface area contributed by atoms with Gasteiger partial charge in [-0.1, -0.05) is 31.4 Å². The molecule has 1 saturated carbocycles. The Kier molecular flexibility index (Phi) is 8.66. The molecular formula is C26H36N4O3. The zero-order valence-electron chi connectivity index (χ0n) is 19.7. The van der Waals surface area contributed by atoms with Gasteiger partial charge in [-0.2, -0.15) is 0 Å². The number of nitrogens with zero attached hydrogens (tertiary/aromatic N) is 3. The molecule has 0 spiro atoms. The molecule has 1 aliphatic carbocycles. The number of rotatable bonds is 9. The molecule has 178 valence electrons. The number of amides is 1. The number of carbonyl (C=O) groups is 1. The van der Waals surface area contributed by atoms with Crippen LogP contribution >= 0.6 is 0 Å². The Labute approximate surface area is 196 Å². The van der Waals surface area contributed by atoms with E-state index in [4.69, 9.17) is 9.47 Å². The van der Waals surface area contributed by atoms with Crippen LogP contribution in [0.1, 0.15) is 44.9 Å². The van der Waals surface area contributed by atoms with Gasteiger partial charge in [0.25, 0.3) is 0 Å². The van der Waals surface area contributed by atoms with Gasteiger partial charge in [-0.3, -0.25) is 9.69 Å². The van der Waals surface area contributed by atoms with Crippen molar-refractivity contribution in [1.29, 1.82) is 0 Å². The molecule has 2 heterocycles. The summed E-state index contributed by atoms with van der Waals surface area (Å²) >= 11 is 0. The largest absolute Gasteiger partial charge is 0.492 e. The maximum Gasteiger partial charge on any atom is 0.227 e. The average Bonchev–Trinajstić information content (AvgIpc) is 2.86. The van der Waals surface area contributed by atoms with Crippen LogP contribution < -0.4 is 10.1 Å². The number of carbonyl (C=O) groups excluding carboxylic acids is 1. The topological polar surface area (TPSA) is 76.6 Å². The van der Waals surface area contributed by atoms with Gasteiger partial charge >= 0.3 is 0 Å². The molecule has 0 unspecified atom stereocenters. The fourth-order valence-electron chi connectivity index (χ4n) is 4.66. The maximum absolute atomic E-state index is 12.4. The number of hydrogen-bond acceptors (Lipinski definition) is 6. The molecule has 2 fully saturated rings. The highest BCUT2D eigenvalue weighted by Gasteiger charge is 2.21. The molecule has 4 rings (SSSR count). The predicted molar refractivity (Wildman–Crippen MR) is 128 cm³/mol. The lowest BCUT2D eigenvalue weighted by Gasteiger charge is -2.28. The molecule has 1 atom stereocenters. The third kappa shape index (κ3) is 7.24. The van der Waals surface area contributed by atoms with Crippen molar-refractivity contribution in [2.24, 2.45) is 5.92 Å². The number of ether oxygens (including phenoxy) is 2. The van der Waals surface area contributed by atoms with E-state index in [1.165, 1.54) is 32.1 Å². The van der Waals surface area contributed by atoms with Crippen LogP contribution in [0.15, 0.2) is 36.7 Å². The normalized spacial score (nSPS) is 18.6. The molecule has 33 heavy (non-hydrogen) atoms. The fourth-order valence-corrected chi connectivity index (χ4v) is 4.66. The van der Waals surface area contributed by atoms with Crippen LogP contribution in [-0.4, -0.2) is 66.3 Å². The van der Waals surface area contributed by atoms with Gasteiger partial charge in [0, 0.05) is 43.6 Å². The predicted octanol–water partition coefficient (Wildman–Crippen LogP) is 3.48. The first kappa shape index (κ1) is 23.6. The van der Waals surface area contributed by atoms with Crippen molar-refractivity contribution >= 4 is 5.91 Å². The third-order valence-electron chi connectivity index (χ3n) is 6.74. The van der Waals surface area contributed by atoms with Crippen molar-refractivity contribution in [2.45, 2.75) is 51.5 Å². The van der Waals surface area contributed by atoms with Crippen molar-refractivity contribution in [1.82, 2.24) is 20.2 Å². The van der Waals surface area contributed by atoms with E-state index in [2.05, 4.69) is 27.1 Å². The maximum atomic E-state index is 12.4. The fraction of sp³-hybridized carbons (Fsp3) is 0.577. The highest BCUT2D eigenvalue weighted by Crippen LogP contribution is 2.26. The van der Waals surface area contributed by atoms with Crippen LogP contribution in [0.4, 0.5) is 0 Å². The molecule has 0 bridgehead atoms. The van der Waals surface area contributed by atoms with E-state index in [-0.39, 0.29) is 18.4 Å². The van der Waals surface area contributed by atoms with Gasteiger partial charge in [0.2, 0.25) is 5.91 Å². The van der Waals surface area contributed by atoms with Crippen LogP contribution in [0.25, 0.3) is 11.1 Å². The summed E-state index contributed by atoms with van der Waals surface area (Å²) < 4.78 is 11.3. The highest BCUT2D eigenvalue weighted by atomic mass is 16.5. The number of aromatic nitrogens is 2. The molecule has 7 heteroatoms. The van der Waals surface area contributed by atoms with Crippen LogP contribution in [0.2, 0.25) is 0 Å². The Morgan fingerprint density at radius 3 is 2.48 bits per heavy atom. The van der Waals surface area contributed by atoms with Crippen LogP contribution in [0.3, 0.4) is 0 Å². The minimum Gasteiger partial charge on any atom is -0.492 e. The Balaban J connectivity index is 1.23. The zero-order valence-corrected chi connectivity index (χ0v) is 19.7. The van der Waals surface area contributed by atoms with Crippen molar-refractivity contribution in [3.8, 4) is 16.9 Å². The third-order valence-corrected chi connectivity index (χ3v) is 6.74. The molecule has 2 aliphatic rings. The van der Waals surface area contributed by atoms with E-state index in [9.17, 15) is 4.79 Å². The monoisotopic (exact) mass is 452 g/mol. The van der Waals surface area contributed by atoms with E-state index in [1.54, 1.807) is 12.4 Å². The lowest BCUT2D eigenvalue weighted by Crippen LogP contribution is -2.39. The highest BCUT2D eigenvalue weighted by molar-refractivity contribution is 5.78. The number of nitrogens with one attached hydrogen (secondary N) is 1. The van der Waals surface area contributed by atoms with E-state index >= 15 is 0 Å². The average molecular weight is 453 g/mol. The standard InChI is InChI=1S/C26H36N4O3/c1-20(21-5-3-2-4-6-21)29-26(31)17-25-27-18-23(19-28-25)22-7-9-24(10-8-22)33-16-13-30-11-14-32-15-12-30/h7-10,18-21H,2-6,11-17H2,1H3,(H,29,31)/t20-/m0/s1. The van der Waals surface area contributed by atoms with Gasteiger partial charge in [0.15, 0.2) is 0 Å². The molecule has 1 aliphatic heterocycles. The van der Waals surface area contributed by atoms with Crippen molar-refractivity contribution in [3.63, 3.8) is 0 Å². The van der Waals surface area contributed by atoms with Crippen molar-refractivity contribution in [2.75, 3.05) is 39.5 Å². The van der Waals surface area contributed by atoms with Gasteiger partial charge < -0.3 is 14.8 Å². The van der Waals surface area contributed by atoms with Gasteiger partial charge in [-0.05, 0) is 43.4 Å². The van der Waals surface area contributed by atoms with E-state index in [0.29, 0.717) is 18.3 Å². The van der Waals surface area contributed by atoms with Crippen molar-refractivity contribution < 1.29 is 14.3 Å². The summed E-state index contributed by atoms with van der Waals surface area (Å²) in [5, 5.41) is 3.15. The summed E-state index contributed by atoms with van der Waals surface area (Å²) in [6.07, 6.45) is 10.1. The van der Waals surface area contributed by atoms with E-state index in [1.807, 2.05) is 24.3 Å². The van der Waals surface area contributed by atoms with Gasteiger partial charge in [-0.15, -0.1) is 0 Å². The van der Waals surface area contributed by atoms with Crippen LogP contribution in [0, 0.1) is 5.92 Å². The number of morpholine rings is 1. The minimum absolute atomic E-state index is 0.000552. The van der Waals surface area contributed by atoms with Gasteiger partial charge in [0.1, 0.15) is 18.2 Å². The Bertz CT molecular complexity index is 860. The molecule has 1 aromatic carbocycles. The number of hydrogen-bond donors (Lipinski definition) is 1. The Morgan fingerprint density at radius 2 is 1.79 bits per heavy atom. The second-order valence-corrected chi connectivity index (χ2v) is 9.15. The molecule has 1 saturated heterocycles. The van der Waals surface area contributed by atoms with Crippen molar-refractivity contribution in [3.05, 3.63) is 42.5 Å². The molecule has 0 radical (unpaired) electrons. The smallest absolute Gasteiger partial charge is 0.227 e. The second kappa shape index (κ2) is 12.1. The molecule has 1 N–H and O–H groups in total. The molecular weight excluding hydrogens is 416 g/mol. The summed E-state index contributed by atoms with van der Waals surface area (Å²) in [5.41, 5.74) is 1.95. The number of benzene rings is 1. The zero-order chi connectivity index (χ0) is 22.9. The summed E-state index contributed by atoms with van der Waals surface area (Å²) in [6, 6.07) is 8.19. The Morgan fingerprint density at radius 1 is 1.09 bits per heavy atom. The van der Waals surface area contributed by atoms with Crippen LogP contribution in [0.5, 0.6) is 5.75 Å². The summed E-state index contributed by atoms with van der Waals surface area (Å²) in [5.74, 6) is 2.00. The Hall–Kier alpha value is -2.51.